The minimum absolute atomic E-state index is 0.0553. The van der Waals surface area contributed by atoms with Gasteiger partial charge in [-0.05, 0) is 45.8 Å². The first-order valence-electron chi connectivity index (χ1n) is 10.4. The highest BCUT2D eigenvalue weighted by atomic mass is 31.2. The second-order valence-electron chi connectivity index (χ2n) is 9.65. The SMILES string of the molecule is CCOP(=O)(OCC)C(F)(F)[C@@H]1O[C@H](CO[Si](C)(C)C(C)(C)C)[C@H]2OC(C)(C)O[C@H]21. The molecule has 7 nitrogen and oxygen atoms in total. The lowest BCUT2D eigenvalue weighted by molar-refractivity contribution is -0.211. The van der Waals surface area contributed by atoms with Crippen LogP contribution in [0.1, 0.15) is 48.5 Å². The van der Waals surface area contributed by atoms with Gasteiger partial charge in [0, 0.05) is 0 Å². The Morgan fingerprint density at radius 1 is 1.03 bits per heavy atom. The van der Waals surface area contributed by atoms with E-state index in [-0.39, 0.29) is 24.9 Å². The fourth-order valence-electron chi connectivity index (χ4n) is 3.31. The van der Waals surface area contributed by atoms with Crippen molar-refractivity contribution in [2.45, 2.75) is 102 Å². The predicted molar refractivity (Wildman–Crippen MR) is 111 cm³/mol. The molecule has 2 aliphatic rings. The van der Waals surface area contributed by atoms with Gasteiger partial charge in [-0.2, -0.15) is 8.78 Å². The molecule has 0 radical (unpaired) electrons. The predicted octanol–water partition coefficient (Wildman–Crippen LogP) is 5.15. The third kappa shape index (κ3) is 5.01. The summed E-state index contributed by atoms with van der Waals surface area (Å²) in [7, 11) is -6.94. The summed E-state index contributed by atoms with van der Waals surface area (Å²) in [5.74, 6) is -1.08. The van der Waals surface area contributed by atoms with E-state index in [1.54, 1.807) is 13.8 Å². The van der Waals surface area contributed by atoms with E-state index in [1.807, 2.05) is 0 Å². The van der Waals surface area contributed by atoms with Crippen LogP contribution in [-0.4, -0.2) is 64.0 Å². The van der Waals surface area contributed by atoms with Crippen molar-refractivity contribution in [3.8, 4) is 0 Å². The Hall–Kier alpha value is 0.0669. The van der Waals surface area contributed by atoms with Crippen molar-refractivity contribution < 1.29 is 41.0 Å². The smallest absolute Gasteiger partial charge is 0.402 e. The minimum atomic E-state index is -4.79. The maximum Gasteiger partial charge on any atom is 0.402 e. The molecule has 30 heavy (non-hydrogen) atoms. The van der Waals surface area contributed by atoms with Gasteiger partial charge in [-0.1, -0.05) is 20.8 Å². The summed E-state index contributed by atoms with van der Waals surface area (Å²) in [6.45, 7) is 16.4. The molecule has 2 fully saturated rings. The molecule has 0 bridgehead atoms. The van der Waals surface area contributed by atoms with Gasteiger partial charge < -0.3 is 27.7 Å². The van der Waals surface area contributed by atoms with Gasteiger partial charge in [-0.25, -0.2) is 0 Å². The Kier molecular flexibility index (Phi) is 7.70. The van der Waals surface area contributed by atoms with Crippen LogP contribution in [0, 0.1) is 0 Å². The average molecular weight is 475 g/mol. The fraction of sp³-hybridized carbons (Fsp3) is 1.00. The summed E-state index contributed by atoms with van der Waals surface area (Å²) in [6.07, 6.45) is -4.55. The first-order valence-corrected chi connectivity index (χ1v) is 14.9. The van der Waals surface area contributed by atoms with Crippen molar-refractivity contribution in [1.82, 2.24) is 0 Å². The van der Waals surface area contributed by atoms with Crippen LogP contribution in [0.4, 0.5) is 8.78 Å². The third-order valence-electron chi connectivity index (χ3n) is 5.87. The number of alkyl halides is 2. The van der Waals surface area contributed by atoms with Crippen LogP contribution >= 0.6 is 7.60 Å². The van der Waals surface area contributed by atoms with Gasteiger partial charge >= 0.3 is 13.3 Å². The first-order chi connectivity index (χ1) is 13.5. The minimum Gasteiger partial charge on any atom is -0.414 e. The lowest BCUT2D eigenvalue weighted by atomic mass is 10.1. The molecule has 2 rings (SSSR count). The van der Waals surface area contributed by atoms with Gasteiger partial charge in [0.2, 0.25) is 0 Å². The highest BCUT2D eigenvalue weighted by Gasteiger charge is 2.69. The fourth-order valence-corrected chi connectivity index (χ4v) is 5.94. The molecule has 2 heterocycles. The molecule has 178 valence electrons. The van der Waals surface area contributed by atoms with Gasteiger partial charge in [-0.3, -0.25) is 4.57 Å². The Balaban J connectivity index is 2.30. The summed E-state index contributed by atoms with van der Waals surface area (Å²) >= 11 is 0. The Bertz CT molecular complexity index is 643. The van der Waals surface area contributed by atoms with Crippen LogP contribution in [0.2, 0.25) is 18.1 Å². The van der Waals surface area contributed by atoms with Crippen LogP contribution in [0.3, 0.4) is 0 Å². The van der Waals surface area contributed by atoms with Crippen molar-refractivity contribution >= 4 is 15.9 Å². The maximum absolute atomic E-state index is 15.5. The van der Waals surface area contributed by atoms with E-state index < -0.39 is 51.8 Å². The van der Waals surface area contributed by atoms with Gasteiger partial charge in [0.15, 0.2) is 20.2 Å². The van der Waals surface area contributed by atoms with E-state index in [0.29, 0.717) is 0 Å². The van der Waals surface area contributed by atoms with Crippen LogP contribution in [0.5, 0.6) is 0 Å². The molecule has 2 saturated heterocycles. The van der Waals surface area contributed by atoms with Crippen LogP contribution < -0.4 is 0 Å². The van der Waals surface area contributed by atoms with E-state index in [1.165, 1.54) is 13.8 Å². The molecule has 4 atom stereocenters. The molecule has 0 aliphatic carbocycles. The third-order valence-corrected chi connectivity index (χ3v) is 12.6. The number of hydrogen-bond acceptors (Lipinski definition) is 7. The van der Waals surface area contributed by atoms with Crippen molar-refractivity contribution in [3.63, 3.8) is 0 Å². The lowest BCUT2D eigenvalue weighted by Crippen LogP contribution is -2.44. The largest absolute Gasteiger partial charge is 0.414 e. The van der Waals surface area contributed by atoms with E-state index in [2.05, 4.69) is 33.9 Å². The molecule has 0 N–H and O–H groups in total. The molecule has 11 heteroatoms. The zero-order valence-corrected chi connectivity index (χ0v) is 21.4. The standard InChI is InChI=1S/C19H37F2O7PSi/c1-10-23-29(22,24-11-2)19(20,21)16-15-14(27-18(6,7)28-15)13(26-16)12-25-30(8,9)17(3,4)5/h13-16H,10-12H2,1-9H3/t13-,14-,15-,16-/m1/s1. The molecule has 0 aromatic rings. The van der Waals surface area contributed by atoms with E-state index >= 15 is 8.78 Å². The lowest BCUT2D eigenvalue weighted by Gasteiger charge is -2.37. The quantitative estimate of drug-likeness (QED) is 0.338. The Labute approximate surface area is 179 Å². The van der Waals surface area contributed by atoms with Crippen LogP contribution in [0.25, 0.3) is 0 Å². The highest BCUT2D eigenvalue weighted by molar-refractivity contribution is 7.55. The maximum atomic E-state index is 15.5. The molecule has 0 spiro atoms. The highest BCUT2D eigenvalue weighted by Crippen LogP contribution is 2.66. The summed E-state index contributed by atoms with van der Waals surface area (Å²) in [6, 6.07) is 0. The average Bonchev–Trinajstić information content (AvgIpc) is 3.05. The van der Waals surface area contributed by atoms with Crippen molar-refractivity contribution in [2.75, 3.05) is 19.8 Å². The van der Waals surface area contributed by atoms with E-state index in [4.69, 9.17) is 27.7 Å². The second kappa shape index (κ2) is 8.78. The van der Waals surface area contributed by atoms with Crippen LogP contribution in [0.15, 0.2) is 0 Å². The Morgan fingerprint density at radius 3 is 2.00 bits per heavy atom. The number of halogens is 2. The van der Waals surface area contributed by atoms with Gasteiger partial charge in [0.05, 0.1) is 19.8 Å². The molecular formula is C19H37F2O7PSi. The summed E-state index contributed by atoms with van der Waals surface area (Å²) in [5.41, 5.74) is -3.92. The van der Waals surface area contributed by atoms with Crippen molar-refractivity contribution in [3.05, 3.63) is 0 Å². The summed E-state index contributed by atoms with van der Waals surface area (Å²) in [4.78, 5) is 0. The summed E-state index contributed by atoms with van der Waals surface area (Å²) in [5, 5.41) is -0.0553. The number of fused-ring (bicyclic) bond motifs is 1. The Morgan fingerprint density at radius 2 is 1.53 bits per heavy atom. The molecule has 0 aromatic carbocycles. The zero-order chi connectivity index (χ0) is 23.2. The molecule has 0 saturated carbocycles. The molecular weight excluding hydrogens is 437 g/mol. The monoisotopic (exact) mass is 474 g/mol. The topological polar surface area (TPSA) is 72.5 Å². The molecule has 0 unspecified atom stereocenters. The molecule has 0 amide bonds. The van der Waals surface area contributed by atoms with Crippen molar-refractivity contribution in [2.24, 2.45) is 0 Å². The molecule has 2 aliphatic heterocycles. The number of ether oxygens (including phenoxy) is 3. The molecule has 0 aromatic heterocycles. The summed E-state index contributed by atoms with van der Waals surface area (Å²) < 4.78 is 77.2. The van der Waals surface area contributed by atoms with Crippen LogP contribution in [-0.2, 0) is 32.2 Å². The van der Waals surface area contributed by atoms with E-state index in [0.717, 1.165) is 0 Å². The first kappa shape index (κ1) is 26.3. The number of hydrogen-bond donors (Lipinski definition) is 0. The van der Waals surface area contributed by atoms with Crippen molar-refractivity contribution in [1.29, 1.82) is 0 Å². The van der Waals surface area contributed by atoms with Gasteiger partial charge in [0.1, 0.15) is 18.3 Å². The number of rotatable bonds is 9. The second-order valence-corrected chi connectivity index (χ2v) is 16.6. The zero-order valence-electron chi connectivity index (χ0n) is 19.5. The van der Waals surface area contributed by atoms with Gasteiger partial charge in [0.25, 0.3) is 0 Å². The normalized spacial score (nSPS) is 30.0. The van der Waals surface area contributed by atoms with Gasteiger partial charge in [-0.15, -0.1) is 0 Å². The van der Waals surface area contributed by atoms with E-state index in [9.17, 15) is 4.57 Å².